The van der Waals surface area contributed by atoms with Gasteiger partial charge in [-0.15, -0.1) is 0 Å². The number of benzene rings is 2. The van der Waals surface area contributed by atoms with Crippen LogP contribution in [-0.2, 0) is 9.59 Å². The van der Waals surface area contributed by atoms with Gasteiger partial charge in [0.15, 0.2) is 16.8 Å². The minimum absolute atomic E-state index is 0.349. The van der Waals surface area contributed by atoms with Gasteiger partial charge in [-0.1, -0.05) is 11.3 Å². The molecule has 1 fully saturated rings. The largest absolute Gasteiger partial charge is 0.371 e. The summed E-state index contributed by atoms with van der Waals surface area (Å²) < 4.78 is 41.0. The number of rotatable bonds is 4. The predicted molar refractivity (Wildman–Crippen MR) is 103 cm³/mol. The number of thiazole rings is 1. The summed E-state index contributed by atoms with van der Waals surface area (Å²) in [5.41, 5.74) is 1.15. The predicted octanol–water partition coefficient (Wildman–Crippen LogP) is 3.61. The fraction of sp³-hybridized carbons (Fsp3) is 0.105. The Bertz CT molecular complexity index is 1320. The van der Waals surface area contributed by atoms with Crippen LogP contribution in [0.15, 0.2) is 36.5 Å². The molecule has 0 bridgehead atoms. The van der Waals surface area contributed by atoms with E-state index in [1.807, 2.05) is 0 Å². The second-order valence-corrected chi connectivity index (χ2v) is 7.65. The van der Waals surface area contributed by atoms with Gasteiger partial charge in [0.2, 0.25) is 11.6 Å². The summed E-state index contributed by atoms with van der Waals surface area (Å²) in [5.74, 6) is -3.69. The molecule has 2 unspecified atom stereocenters. The summed E-state index contributed by atoms with van der Waals surface area (Å²) in [4.78, 5) is 31.2. The first-order valence-electron chi connectivity index (χ1n) is 8.54. The third-order valence-corrected chi connectivity index (χ3v) is 5.77. The molecule has 6 nitrogen and oxygen atoms in total. The Morgan fingerprint density at radius 1 is 0.966 bits per heavy atom. The third kappa shape index (κ3) is 2.83. The number of ketones is 2. The molecule has 0 aliphatic heterocycles. The van der Waals surface area contributed by atoms with E-state index in [9.17, 15) is 22.8 Å². The maximum atomic E-state index is 13.6. The van der Waals surface area contributed by atoms with Crippen molar-refractivity contribution in [1.29, 1.82) is 0 Å². The van der Waals surface area contributed by atoms with Gasteiger partial charge in [0.25, 0.3) is 0 Å². The molecule has 0 radical (unpaired) electrons. The molecule has 2 heterocycles. The normalized spacial score (nSPS) is 19.0. The van der Waals surface area contributed by atoms with Gasteiger partial charge in [-0.25, -0.2) is 18.2 Å². The standard InChI is InChI=1S/C19H11F3N4O2S/c20-7-1-2-14-12(3-7)25-19(29-14)26-16-15(17(27)18(16)28)24-13-6-23-11-5-10(22)9(21)4-8(11)13/h1-6,15-16,23-24H,(H,25,26). The summed E-state index contributed by atoms with van der Waals surface area (Å²) >= 11 is 1.23. The van der Waals surface area contributed by atoms with Crippen LogP contribution in [0.1, 0.15) is 0 Å². The fourth-order valence-electron chi connectivity index (χ4n) is 3.31. The van der Waals surface area contributed by atoms with Crippen LogP contribution < -0.4 is 10.6 Å². The van der Waals surface area contributed by atoms with Crippen LogP contribution in [0.5, 0.6) is 0 Å². The maximum absolute atomic E-state index is 13.6. The highest BCUT2D eigenvalue weighted by Gasteiger charge is 2.50. The van der Waals surface area contributed by atoms with E-state index in [1.54, 1.807) is 6.07 Å². The average molecular weight is 416 g/mol. The number of Topliss-reactive ketones (excluding diaryl/α,β-unsaturated/α-hetero) is 2. The minimum atomic E-state index is -1.02. The van der Waals surface area contributed by atoms with Crippen molar-refractivity contribution in [3.05, 3.63) is 54.0 Å². The number of hydrogen-bond donors (Lipinski definition) is 3. The van der Waals surface area contributed by atoms with E-state index in [2.05, 4.69) is 20.6 Å². The van der Waals surface area contributed by atoms with Crippen LogP contribution in [0.3, 0.4) is 0 Å². The van der Waals surface area contributed by atoms with E-state index in [-0.39, 0.29) is 0 Å². The second-order valence-electron chi connectivity index (χ2n) is 6.62. The number of nitrogens with zero attached hydrogens (tertiary/aromatic N) is 1. The Balaban J connectivity index is 1.41. The monoisotopic (exact) mass is 416 g/mol. The SMILES string of the molecule is O=C1C(=O)C(Nc2c[nH]c3cc(F)c(F)cc23)C1Nc1nc2cc(F)ccc2s1. The zero-order valence-corrected chi connectivity index (χ0v) is 15.2. The Morgan fingerprint density at radius 3 is 2.48 bits per heavy atom. The summed E-state index contributed by atoms with van der Waals surface area (Å²) in [5, 5.41) is 6.53. The smallest absolute Gasteiger partial charge is 0.225 e. The highest BCUT2D eigenvalue weighted by Crippen LogP contribution is 2.31. The Morgan fingerprint density at radius 2 is 1.69 bits per heavy atom. The van der Waals surface area contributed by atoms with Crippen molar-refractivity contribution in [2.75, 3.05) is 10.6 Å². The van der Waals surface area contributed by atoms with Crippen molar-refractivity contribution in [3.63, 3.8) is 0 Å². The molecule has 5 rings (SSSR count). The van der Waals surface area contributed by atoms with Crippen LogP contribution >= 0.6 is 11.3 Å². The molecule has 3 N–H and O–H groups in total. The molecule has 1 aliphatic carbocycles. The van der Waals surface area contributed by atoms with Crippen LogP contribution in [0, 0.1) is 17.5 Å². The van der Waals surface area contributed by atoms with Gasteiger partial charge in [-0.05, 0) is 18.2 Å². The van der Waals surface area contributed by atoms with E-state index in [1.165, 1.54) is 29.7 Å². The van der Waals surface area contributed by atoms with E-state index in [0.717, 1.165) is 16.8 Å². The number of nitrogens with one attached hydrogen (secondary N) is 3. The van der Waals surface area contributed by atoms with Crippen molar-refractivity contribution in [1.82, 2.24) is 9.97 Å². The molecule has 1 saturated carbocycles. The summed E-state index contributed by atoms with van der Waals surface area (Å²) in [7, 11) is 0. The van der Waals surface area contributed by atoms with Gasteiger partial charge < -0.3 is 15.6 Å². The Kier molecular flexibility index (Phi) is 3.85. The van der Waals surface area contributed by atoms with Crippen molar-refractivity contribution in [3.8, 4) is 0 Å². The lowest BCUT2D eigenvalue weighted by Crippen LogP contribution is -2.64. The summed E-state index contributed by atoms with van der Waals surface area (Å²) in [6, 6.07) is 4.41. The van der Waals surface area contributed by atoms with Crippen LogP contribution in [-0.4, -0.2) is 33.6 Å². The van der Waals surface area contributed by atoms with Gasteiger partial charge in [-0.2, -0.15) is 0 Å². The van der Waals surface area contributed by atoms with Crippen LogP contribution in [0.2, 0.25) is 0 Å². The molecule has 0 amide bonds. The van der Waals surface area contributed by atoms with E-state index < -0.39 is 41.1 Å². The molecular weight excluding hydrogens is 405 g/mol. The first-order valence-corrected chi connectivity index (χ1v) is 9.36. The van der Waals surface area contributed by atoms with E-state index in [4.69, 9.17) is 0 Å². The lowest BCUT2D eigenvalue weighted by molar-refractivity contribution is -0.144. The maximum Gasteiger partial charge on any atom is 0.225 e. The number of halogens is 3. The zero-order valence-electron chi connectivity index (χ0n) is 14.4. The van der Waals surface area contributed by atoms with E-state index >= 15 is 0 Å². The highest BCUT2D eigenvalue weighted by atomic mass is 32.1. The lowest BCUT2D eigenvalue weighted by atomic mass is 9.83. The van der Waals surface area contributed by atoms with Crippen molar-refractivity contribution in [2.24, 2.45) is 0 Å². The summed E-state index contributed by atoms with van der Waals surface area (Å²) in [6.45, 7) is 0. The first kappa shape index (κ1) is 17.7. The van der Waals surface area contributed by atoms with Gasteiger partial charge >= 0.3 is 0 Å². The molecule has 2 atom stereocenters. The number of aromatic amines is 1. The lowest BCUT2D eigenvalue weighted by Gasteiger charge is -2.34. The van der Waals surface area contributed by atoms with Crippen molar-refractivity contribution >= 4 is 54.8 Å². The van der Waals surface area contributed by atoms with Crippen LogP contribution in [0.4, 0.5) is 24.0 Å². The summed E-state index contributed by atoms with van der Waals surface area (Å²) in [6.07, 6.45) is 1.47. The molecule has 29 heavy (non-hydrogen) atoms. The topological polar surface area (TPSA) is 86.9 Å². The molecule has 0 saturated heterocycles. The molecule has 1 aliphatic rings. The quantitative estimate of drug-likeness (QED) is 0.443. The highest BCUT2D eigenvalue weighted by molar-refractivity contribution is 7.22. The van der Waals surface area contributed by atoms with Crippen molar-refractivity contribution < 1.29 is 22.8 Å². The van der Waals surface area contributed by atoms with Gasteiger partial charge in [0.05, 0.1) is 21.4 Å². The Labute approximate surface area is 164 Å². The van der Waals surface area contributed by atoms with Gasteiger partial charge in [0, 0.05) is 23.7 Å². The molecule has 2 aromatic heterocycles. The fourth-order valence-corrected chi connectivity index (χ4v) is 4.19. The number of H-pyrrole nitrogens is 1. The molecule has 4 aromatic rings. The number of carbonyl (C=O) groups excluding carboxylic acids is 2. The van der Waals surface area contributed by atoms with Crippen LogP contribution in [0.25, 0.3) is 21.1 Å². The second kappa shape index (κ2) is 6.31. The van der Waals surface area contributed by atoms with E-state index in [0.29, 0.717) is 27.2 Å². The molecular formula is C19H11F3N4O2S. The number of fused-ring (bicyclic) bond motifs is 2. The number of carbonyl (C=O) groups is 2. The average Bonchev–Trinajstić information content (AvgIpc) is 3.27. The van der Waals surface area contributed by atoms with Crippen molar-refractivity contribution in [2.45, 2.75) is 12.1 Å². The molecule has 0 spiro atoms. The van der Waals surface area contributed by atoms with Gasteiger partial charge in [-0.3, -0.25) is 9.59 Å². The minimum Gasteiger partial charge on any atom is -0.371 e. The van der Waals surface area contributed by atoms with Gasteiger partial charge in [0.1, 0.15) is 17.9 Å². The number of hydrogen-bond acceptors (Lipinski definition) is 6. The molecule has 2 aromatic carbocycles. The number of aromatic nitrogens is 2. The third-order valence-electron chi connectivity index (χ3n) is 4.80. The number of anilines is 2. The Hall–Kier alpha value is -3.40. The first-order chi connectivity index (χ1) is 13.9. The molecule has 146 valence electrons. The zero-order chi connectivity index (χ0) is 20.3. The molecule has 10 heteroatoms.